The van der Waals surface area contributed by atoms with Crippen LogP contribution in [0.2, 0.25) is 0 Å². The van der Waals surface area contributed by atoms with Gasteiger partial charge in [-0.1, -0.05) is 13.8 Å². The smallest absolute Gasteiger partial charge is 0.00986 e. The third-order valence-corrected chi connectivity index (χ3v) is 4.78. The van der Waals surface area contributed by atoms with Crippen molar-refractivity contribution >= 4 is 0 Å². The minimum atomic E-state index is 0.469. The van der Waals surface area contributed by atoms with Gasteiger partial charge in [-0.3, -0.25) is 0 Å². The lowest BCUT2D eigenvalue weighted by Gasteiger charge is -2.26. The molecule has 2 heteroatoms. The van der Waals surface area contributed by atoms with Gasteiger partial charge in [0.05, 0.1) is 0 Å². The molecule has 1 aliphatic heterocycles. The molecule has 0 aromatic heterocycles. The highest BCUT2D eigenvalue weighted by molar-refractivity contribution is 5.11. The summed E-state index contributed by atoms with van der Waals surface area (Å²) in [7, 11) is 2.26. The van der Waals surface area contributed by atoms with Gasteiger partial charge in [-0.2, -0.15) is 0 Å². The highest BCUT2D eigenvalue weighted by atomic mass is 15.1. The van der Waals surface area contributed by atoms with Gasteiger partial charge in [-0.25, -0.2) is 0 Å². The molecular formula is C12H24N2. The van der Waals surface area contributed by atoms with Crippen LogP contribution in [0.3, 0.4) is 0 Å². The standard InChI is InChI=1S/C12H24N2/c1-11(2)8-12(11,9-13)7-10-5-4-6-14(10)3/h10H,4-9,13H2,1-3H3. The highest BCUT2D eigenvalue weighted by Crippen LogP contribution is 2.65. The minimum absolute atomic E-state index is 0.469. The fourth-order valence-corrected chi connectivity index (χ4v) is 3.27. The molecule has 1 saturated heterocycles. The quantitative estimate of drug-likeness (QED) is 0.746. The molecule has 0 bridgehead atoms. The van der Waals surface area contributed by atoms with Crippen LogP contribution in [-0.4, -0.2) is 31.1 Å². The molecule has 2 rings (SSSR count). The molecule has 2 nitrogen and oxygen atoms in total. The van der Waals surface area contributed by atoms with Crippen molar-refractivity contribution in [1.82, 2.24) is 4.90 Å². The summed E-state index contributed by atoms with van der Waals surface area (Å²) in [5.41, 5.74) is 6.92. The van der Waals surface area contributed by atoms with E-state index in [1.807, 2.05) is 0 Å². The van der Waals surface area contributed by atoms with Crippen molar-refractivity contribution in [2.24, 2.45) is 16.6 Å². The van der Waals surface area contributed by atoms with E-state index in [9.17, 15) is 0 Å². The third kappa shape index (κ3) is 1.49. The Balaban J connectivity index is 1.97. The number of likely N-dealkylation sites (tertiary alicyclic amines) is 1. The Bertz CT molecular complexity index is 224. The third-order valence-electron chi connectivity index (χ3n) is 4.78. The summed E-state index contributed by atoms with van der Waals surface area (Å²) >= 11 is 0. The first-order chi connectivity index (χ1) is 6.51. The molecule has 0 amide bonds. The first-order valence-electron chi connectivity index (χ1n) is 5.91. The molecule has 0 spiro atoms. The fraction of sp³-hybridized carbons (Fsp3) is 1.00. The van der Waals surface area contributed by atoms with Gasteiger partial charge in [0.1, 0.15) is 0 Å². The maximum absolute atomic E-state index is 5.95. The van der Waals surface area contributed by atoms with Crippen molar-refractivity contribution in [3.63, 3.8) is 0 Å². The topological polar surface area (TPSA) is 29.3 Å². The summed E-state index contributed by atoms with van der Waals surface area (Å²) in [5, 5.41) is 0. The molecule has 14 heavy (non-hydrogen) atoms. The zero-order chi connectivity index (χ0) is 10.4. The molecule has 2 unspecified atom stereocenters. The summed E-state index contributed by atoms with van der Waals surface area (Å²) in [6.07, 6.45) is 5.42. The molecule has 1 saturated carbocycles. The lowest BCUT2D eigenvalue weighted by atomic mass is 9.88. The van der Waals surface area contributed by atoms with Crippen molar-refractivity contribution in [3.8, 4) is 0 Å². The predicted molar refractivity (Wildman–Crippen MR) is 60.2 cm³/mol. The molecule has 0 radical (unpaired) electrons. The maximum Gasteiger partial charge on any atom is 0.00986 e. The van der Waals surface area contributed by atoms with E-state index in [-0.39, 0.29) is 0 Å². The molecule has 2 fully saturated rings. The van der Waals surface area contributed by atoms with Crippen molar-refractivity contribution in [1.29, 1.82) is 0 Å². The molecule has 1 heterocycles. The molecule has 82 valence electrons. The Morgan fingerprint density at radius 3 is 2.43 bits per heavy atom. The second-order valence-corrected chi connectivity index (χ2v) is 6.03. The molecule has 0 aromatic carbocycles. The van der Waals surface area contributed by atoms with Crippen LogP contribution in [0.5, 0.6) is 0 Å². The van der Waals surface area contributed by atoms with Gasteiger partial charge in [0.2, 0.25) is 0 Å². The fourth-order valence-electron chi connectivity index (χ4n) is 3.27. The van der Waals surface area contributed by atoms with E-state index >= 15 is 0 Å². The maximum atomic E-state index is 5.95. The van der Waals surface area contributed by atoms with Crippen LogP contribution in [0.15, 0.2) is 0 Å². The van der Waals surface area contributed by atoms with E-state index in [1.54, 1.807) is 0 Å². The molecular weight excluding hydrogens is 172 g/mol. The summed E-state index contributed by atoms with van der Waals surface area (Å²) in [5.74, 6) is 0. The lowest BCUT2D eigenvalue weighted by Crippen LogP contribution is -2.32. The van der Waals surface area contributed by atoms with Crippen LogP contribution in [0.4, 0.5) is 0 Å². The second-order valence-electron chi connectivity index (χ2n) is 6.03. The zero-order valence-corrected chi connectivity index (χ0v) is 9.84. The van der Waals surface area contributed by atoms with Crippen molar-refractivity contribution in [2.45, 2.75) is 45.6 Å². The van der Waals surface area contributed by atoms with Crippen LogP contribution in [0.25, 0.3) is 0 Å². The SMILES string of the molecule is CN1CCCC1CC1(CN)CC1(C)C. The molecule has 0 aromatic rings. The van der Waals surface area contributed by atoms with Crippen LogP contribution < -0.4 is 5.73 Å². The largest absolute Gasteiger partial charge is 0.330 e. The summed E-state index contributed by atoms with van der Waals surface area (Å²) < 4.78 is 0. The van der Waals surface area contributed by atoms with E-state index in [0.29, 0.717) is 10.8 Å². The Kier molecular flexibility index (Phi) is 2.39. The summed E-state index contributed by atoms with van der Waals surface area (Å²) in [6.45, 7) is 6.90. The van der Waals surface area contributed by atoms with Crippen LogP contribution in [0.1, 0.15) is 39.5 Å². The van der Waals surface area contributed by atoms with Crippen LogP contribution in [0, 0.1) is 10.8 Å². The van der Waals surface area contributed by atoms with Gasteiger partial charge in [0, 0.05) is 6.04 Å². The average Bonchev–Trinajstić information content (AvgIpc) is 2.44. The van der Waals surface area contributed by atoms with Gasteiger partial charge in [-0.15, -0.1) is 0 Å². The zero-order valence-electron chi connectivity index (χ0n) is 9.84. The van der Waals surface area contributed by atoms with E-state index in [0.717, 1.165) is 12.6 Å². The van der Waals surface area contributed by atoms with Crippen molar-refractivity contribution < 1.29 is 0 Å². The minimum Gasteiger partial charge on any atom is -0.330 e. The van der Waals surface area contributed by atoms with E-state index in [1.165, 1.54) is 32.2 Å². The molecule has 2 aliphatic rings. The summed E-state index contributed by atoms with van der Waals surface area (Å²) in [4.78, 5) is 2.52. The van der Waals surface area contributed by atoms with E-state index < -0.39 is 0 Å². The van der Waals surface area contributed by atoms with Crippen LogP contribution in [-0.2, 0) is 0 Å². The number of rotatable bonds is 3. The van der Waals surface area contributed by atoms with Gasteiger partial charge < -0.3 is 10.6 Å². The number of nitrogens with two attached hydrogens (primary N) is 1. The Hall–Kier alpha value is -0.0800. The van der Waals surface area contributed by atoms with Gasteiger partial charge in [0.15, 0.2) is 0 Å². The van der Waals surface area contributed by atoms with Gasteiger partial charge in [-0.05, 0) is 56.7 Å². The molecule has 2 N–H and O–H groups in total. The highest BCUT2D eigenvalue weighted by Gasteiger charge is 2.60. The number of nitrogens with zero attached hydrogens (tertiary/aromatic N) is 1. The lowest BCUT2D eigenvalue weighted by molar-refractivity contribution is 0.229. The second kappa shape index (κ2) is 3.21. The monoisotopic (exact) mass is 196 g/mol. The molecule has 2 atom stereocenters. The normalized spacial score (nSPS) is 41.6. The van der Waals surface area contributed by atoms with Crippen molar-refractivity contribution in [3.05, 3.63) is 0 Å². The van der Waals surface area contributed by atoms with E-state index in [4.69, 9.17) is 5.73 Å². The predicted octanol–water partition coefficient (Wildman–Crippen LogP) is 1.85. The van der Waals surface area contributed by atoms with Crippen molar-refractivity contribution in [2.75, 3.05) is 20.1 Å². The summed E-state index contributed by atoms with van der Waals surface area (Å²) in [6, 6.07) is 0.806. The average molecular weight is 196 g/mol. The van der Waals surface area contributed by atoms with E-state index in [2.05, 4.69) is 25.8 Å². The Morgan fingerprint density at radius 2 is 2.07 bits per heavy atom. The van der Waals surface area contributed by atoms with Crippen LogP contribution >= 0.6 is 0 Å². The van der Waals surface area contributed by atoms with Gasteiger partial charge >= 0.3 is 0 Å². The number of hydrogen-bond donors (Lipinski definition) is 1. The molecule has 1 aliphatic carbocycles. The first kappa shape index (κ1) is 10.4. The Labute approximate surface area is 87.8 Å². The Morgan fingerprint density at radius 1 is 1.43 bits per heavy atom. The first-order valence-corrected chi connectivity index (χ1v) is 5.91. The van der Waals surface area contributed by atoms with Gasteiger partial charge in [0.25, 0.3) is 0 Å². The number of hydrogen-bond acceptors (Lipinski definition) is 2.